The van der Waals surface area contributed by atoms with E-state index in [0.717, 1.165) is 30.3 Å². The van der Waals surface area contributed by atoms with Gasteiger partial charge in [-0.25, -0.2) is 0 Å². The van der Waals surface area contributed by atoms with Crippen LogP contribution in [-0.2, 0) is 16.0 Å². The summed E-state index contributed by atoms with van der Waals surface area (Å²) in [5.74, 6) is 1.04. The van der Waals surface area contributed by atoms with Gasteiger partial charge >= 0.3 is 0 Å². The zero-order chi connectivity index (χ0) is 19.1. The molecule has 1 N–H and O–H groups in total. The topological polar surface area (TPSA) is 56.8 Å². The molecule has 0 spiro atoms. The van der Waals surface area contributed by atoms with E-state index in [0.29, 0.717) is 23.8 Å². The van der Waals surface area contributed by atoms with E-state index in [2.05, 4.69) is 28.2 Å². The van der Waals surface area contributed by atoms with Crippen molar-refractivity contribution in [1.82, 2.24) is 0 Å². The minimum atomic E-state index is -0.241. The van der Waals surface area contributed by atoms with Crippen molar-refractivity contribution >= 4 is 27.5 Å². The second kappa shape index (κ2) is 9.76. The predicted molar refractivity (Wildman–Crippen MR) is 109 cm³/mol. The molecule has 1 amide bonds. The van der Waals surface area contributed by atoms with Crippen LogP contribution < -0.4 is 14.8 Å². The summed E-state index contributed by atoms with van der Waals surface area (Å²) < 4.78 is 17.9. The molecular formula is C21H24BrNO4. The van der Waals surface area contributed by atoms with Crippen LogP contribution in [0.15, 0.2) is 46.9 Å². The van der Waals surface area contributed by atoms with Crippen LogP contribution in [-0.4, -0.2) is 31.8 Å². The molecule has 2 aromatic carbocycles. The van der Waals surface area contributed by atoms with E-state index in [4.69, 9.17) is 14.2 Å². The molecule has 1 fully saturated rings. The smallest absolute Gasteiger partial charge is 0.262 e. The van der Waals surface area contributed by atoms with Crippen LogP contribution in [0.4, 0.5) is 5.69 Å². The zero-order valence-electron chi connectivity index (χ0n) is 15.4. The number of anilines is 1. The highest BCUT2D eigenvalue weighted by Gasteiger charge is 2.17. The largest absolute Gasteiger partial charge is 0.489 e. The van der Waals surface area contributed by atoms with Gasteiger partial charge in [-0.05, 0) is 65.0 Å². The van der Waals surface area contributed by atoms with Gasteiger partial charge in [-0.15, -0.1) is 0 Å². The first-order chi connectivity index (χ1) is 13.2. The Morgan fingerprint density at radius 3 is 2.81 bits per heavy atom. The average molecular weight is 434 g/mol. The van der Waals surface area contributed by atoms with E-state index < -0.39 is 0 Å². The summed E-state index contributed by atoms with van der Waals surface area (Å²) in [6, 6.07) is 13.3. The SMILES string of the molecule is CCc1ccc(OCC(=O)Nc2ccccc2OCC2CCCO2)c(Br)c1. The summed E-state index contributed by atoms with van der Waals surface area (Å²) in [6.45, 7) is 3.29. The molecule has 1 aliphatic heterocycles. The first kappa shape index (κ1) is 19.7. The van der Waals surface area contributed by atoms with E-state index in [1.54, 1.807) is 0 Å². The molecule has 144 valence electrons. The third-order valence-electron chi connectivity index (χ3n) is 4.37. The van der Waals surface area contributed by atoms with Crippen LogP contribution in [0, 0.1) is 0 Å². The van der Waals surface area contributed by atoms with Gasteiger partial charge in [0.05, 0.1) is 16.3 Å². The second-order valence-corrected chi connectivity index (χ2v) is 7.25. The minimum absolute atomic E-state index is 0.0792. The van der Waals surface area contributed by atoms with E-state index >= 15 is 0 Å². The zero-order valence-corrected chi connectivity index (χ0v) is 17.0. The second-order valence-electron chi connectivity index (χ2n) is 6.40. The van der Waals surface area contributed by atoms with Crippen molar-refractivity contribution < 1.29 is 19.0 Å². The molecule has 0 saturated carbocycles. The van der Waals surface area contributed by atoms with Crippen molar-refractivity contribution in [3.63, 3.8) is 0 Å². The van der Waals surface area contributed by atoms with Gasteiger partial charge in [0.2, 0.25) is 0 Å². The standard InChI is InChI=1S/C21H24BrNO4/c1-2-15-9-10-19(17(22)12-15)27-14-21(24)23-18-7-3-4-8-20(18)26-13-16-6-5-11-25-16/h3-4,7-10,12,16H,2,5-6,11,13-14H2,1H3,(H,23,24). The molecule has 3 rings (SSSR count). The van der Waals surface area contributed by atoms with Crippen molar-refractivity contribution in [2.24, 2.45) is 0 Å². The first-order valence-electron chi connectivity index (χ1n) is 9.20. The Morgan fingerprint density at radius 2 is 2.07 bits per heavy atom. The fraction of sp³-hybridized carbons (Fsp3) is 0.381. The normalized spacial score (nSPS) is 16.1. The molecule has 5 nitrogen and oxygen atoms in total. The Labute approximate surface area is 168 Å². The monoisotopic (exact) mass is 433 g/mol. The Hall–Kier alpha value is -2.05. The number of benzene rings is 2. The van der Waals surface area contributed by atoms with Gasteiger partial charge in [0.15, 0.2) is 6.61 Å². The number of carbonyl (C=O) groups is 1. The summed E-state index contributed by atoms with van der Waals surface area (Å²) in [4.78, 5) is 12.3. The Bertz CT molecular complexity index is 775. The fourth-order valence-electron chi connectivity index (χ4n) is 2.87. The van der Waals surface area contributed by atoms with Crippen LogP contribution in [0.1, 0.15) is 25.3 Å². The molecule has 0 aromatic heterocycles. The average Bonchev–Trinajstić information content (AvgIpc) is 3.20. The fourth-order valence-corrected chi connectivity index (χ4v) is 3.41. The maximum atomic E-state index is 12.3. The molecule has 27 heavy (non-hydrogen) atoms. The summed E-state index contributed by atoms with van der Waals surface area (Å²) >= 11 is 3.48. The van der Waals surface area contributed by atoms with Gasteiger partial charge in [0, 0.05) is 6.61 Å². The number of hydrogen-bond donors (Lipinski definition) is 1. The molecule has 1 atom stereocenters. The number of ether oxygens (including phenoxy) is 3. The molecule has 0 aliphatic carbocycles. The number of rotatable bonds is 8. The third kappa shape index (κ3) is 5.71. The Kier molecular flexibility index (Phi) is 7.12. The lowest BCUT2D eigenvalue weighted by atomic mass is 10.2. The van der Waals surface area contributed by atoms with Crippen molar-refractivity contribution in [3.05, 3.63) is 52.5 Å². The first-order valence-corrected chi connectivity index (χ1v) is 9.99. The molecule has 1 saturated heterocycles. The summed E-state index contributed by atoms with van der Waals surface area (Å²) in [6.07, 6.45) is 3.15. The Balaban J connectivity index is 1.54. The number of nitrogens with one attached hydrogen (secondary N) is 1. The molecular weight excluding hydrogens is 410 g/mol. The Morgan fingerprint density at radius 1 is 1.22 bits per heavy atom. The molecule has 1 aliphatic rings. The van der Waals surface area contributed by atoms with E-state index in [-0.39, 0.29) is 18.6 Å². The molecule has 6 heteroatoms. The lowest BCUT2D eigenvalue weighted by molar-refractivity contribution is -0.118. The van der Waals surface area contributed by atoms with Crippen LogP contribution >= 0.6 is 15.9 Å². The van der Waals surface area contributed by atoms with Gasteiger partial charge in [-0.2, -0.15) is 0 Å². The van der Waals surface area contributed by atoms with Crippen molar-refractivity contribution in [3.8, 4) is 11.5 Å². The summed E-state index contributed by atoms with van der Waals surface area (Å²) in [5.41, 5.74) is 1.83. The van der Waals surface area contributed by atoms with Gasteiger partial charge < -0.3 is 19.5 Å². The molecule has 1 unspecified atom stereocenters. The molecule has 1 heterocycles. The highest BCUT2D eigenvalue weighted by atomic mass is 79.9. The molecule has 0 bridgehead atoms. The van der Waals surface area contributed by atoms with Crippen LogP contribution in [0.25, 0.3) is 0 Å². The number of aryl methyl sites for hydroxylation is 1. The van der Waals surface area contributed by atoms with Crippen LogP contribution in [0.5, 0.6) is 11.5 Å². The third-order valence-corrected chi connectivity index (χ3v) is 4.99. The van der Waals surface area contributed by atoms with E-state index in [1.807, 2.05) is 42.5 Å². The minimum Gasteiger partial charge on any atom is -0.489 e. The predicted octanol–water partition coefficient (Wildman–Crippen LogP) is 4.59. The number of halogens is 1. The maximum absolute atomic E-state index is 12.3. The lowest BCUT2D eigenvalue weighted by Crippen LogP contribution is -2.21. The van der Waals surface area contributed by atoms with E-state index in [1.165, 1.54) is 5.56 Å². The van der Waals surface area contributed by atoms with Gasteiger partial charge in [-0.1, -0.05) is 25.1 Å². The highest BCUT2D eigenvalue weighted by Crippen LogP contribution is 2.27. The van der Waals surface area contributed by atoms with Gasteiger partial charge in [0.1, 0.15) is 18.1 Å². The van der Waals surface area contributed by atoms with Crippen LogP contribution in [0.2, 0.25) is 0 Å². The molecule has 2 aromatic rings. The number of hydrogen-bond acceptors (Lipinski definition) is 4. The quantitative estimate of drug-likeness (QED) is 0.661. The van der Waals surface area contributed by atoms with Crippen molar-refractivity contribution in [2.75, 3.05) is 25.1 Å². The van der Waals surface area contributed by atoms with Crippen LogP contribution in [0.3, 0.4) is 0 Å². The number of amides is 1. The van der Waals surface area contributed by atoms with E-state index in [9.17, 15) is 4.79 Å². The number of carbonyl (C=O) groups excluding carboxylic acids is 1. The maximum Gasteiger partial charge on any atom is 0.262 e. The van der Waals surface area contributed by atoms with Gasteiger partial charge in [-0.3, -0.25) is 4.79 Å². The summed E-state index contributed by atoms with van der Waals surface area (Å²) in [5, 5.41) is 2.85. The molecule has 0 radical (unpaired) electrons. The number of para-hydroxylation sites is 2. The van der Waals surface area contributed by atoms with Gasteiger partial charge in [0.25, 0.3) is 5.91 Å². The highest BCUT2D eigenvalue weighted by molar-refractivity contribution is 9.10. The lowest BCUT2D eigenvalue weighted by Gasteiger charge is -2.15. The summed E-state index contributed by atoms with van der Waals surface area (Å²) in [7, 11) is 0. The van der Waals surface area contributed by atoms with Crippen molar-refractivity contribution in [2.45, 2.75) is 32.3 Å². The van der Waals surface area contributed by atoms with Crippen molar-refractivity contribution in [1.29, 1.82) is 0 Å².